The van der Waals surface area contributed by atoms with E-state index in [2.05, 4.69) is 15.0 Å². The van der Waals surface area contributed by atoms with Gasteiger partial charge in [-0.15, -0.1) is 24.5 Å². The van der Waals surface area contributed by atoms with Gasteiger partial charge in [0.1, 0.15) is 5.75 Å². The lowest BCUT2D eigenvalue weighted by atomic mass is 10.1. The Balaban J connectivity index is 1.97. The highest BCUT2D eigenvalue weighted by atomic mass is 32.1. The van der Waals surface area contributed by atoms with Crippen LogP contribution in [0.25, 0.3) is 0 Å². The average molecular weight is 344 g/mol. The quantitative estimate of drug-likeness (QED) is 0.883. The van der Waals surface area contributed by atoms with E-state index in [4.69, 9.17) is 0 Å². The molecule has 1 N–H and O–H groups in total. The first kappa shape index (κ1) is 17.3. The zero-order valence-corrected chi connectivity index (χ0v) is 13.3. The molecule has 1 amide bonds. The van der Waals surface area contributed by atoms with Crippen LogP contribution in [0, 0.1) is 5.92 Å². The predicted octanol–water partition coefficient (Wildman–Crippen LogP) is 4.23. The number of nitrogens with one attached hydrogen (secondary N) is 1. The second kappa shape index (κ2) is 6.99. The van der Waals surface area contributed by atoms with E-state index in [1.165, 1.54) is 23.5 Å². The van der Waals surface area contributed by atoms with Gasteiger partial charge < -0.3 is 10.1 Å². The van der Waals surface area contributed by atoms with Crippen LogP contribution in [-0.4, -0.2) is 17.3 Å². The van der Waals surface area contributed by atoms with Crippen LogP contribution in [0.2, 0.25) is 0 Å². The van der Waals surface area contributed by atoms with Crippen LogP contribution >= 0.6 is 11.3 Å². The van der Waals surface area contributed by atoms with Crippen molar-refractivity contribution in [2.24, 2.45) is 5.92 Å². The molecular formula is C15H15F3N2O2S. The second-order valence-electron chi connectivity index (χ2n) is 5.14. The highest BCUT2D eigenvalue weighted by Gasteiger charge is 2.30. The van der Waals surface area contributed by atoms with E-state index in [1.807, 2.05) is 0 Å². The van der Waals surface area contributed by atoms with Gasteiger partial charge in [-0.25, -0.2) is 4.98 Å². The summed E-state index contributed by atoms with van der Waals surface area (Å²) in [5.74, 6) is -0.501. The molecule has 0 unspecified atom stereocenters. The molecule has 0 aliphatic rings. The Morgan fingerprint density at radius 3 is 2.52 bits per heavy atom. The van der Waals surface area contributed by atoms with Crippen molar-refractivity contribution in [3.05, 3.63) is 40.9 Å². The maximum Gasteiger partial charge on any atom is 0.573 e. The van der Waals surface area contributed by atoms with Crippen LogP contribution in [0.3, 0.4) is 0 Å². The number of carbonyl (C=O) groups is 1. The van der Waals surface area contributed by atoms with Gasteiger partial charge in [-0.05, 0) is 17.7 Å². The number of hydrogen-bond donors (Lipinski definition) is 1. The monoisotopic (exact) mass is 344 g/mol. The SMILES string of the molecule is CC(C)C(=O)Nc1ncc(Cc2ccc(OC(F)(F)F)cc2)s1. The number of rotatable bonds is 5. The molecule has 0 bridgehead atoms. The molecule has 23 heavy (non-hydrogen) atoms. The minimum absolute atomic E-state index is 0.112. The van der Waals surface area contributed by atoms with Gasteiger partial charge in [0, 0.05) is 23.4 Å². The Kier molecular flexibility index (Phi) is 5.25. The number of benzene rings is 1. The van der Waals surface area contributed by atoms with Gasteiger partial charge in [0.15, 0.2) is 5.13 Å². The van der Waals surface area contributed by atoms with Crippen molar-refractivity contribution >= 4 is 22.4 Å². The Morgan fingerprint density at radius 2 is 1.96 bits per heavy atom. The summed E-state index contributed by atoms with van der Waals surface area (Å²) in [6.07, 6.45) is -2.54. The summed E-state index contributed by atoms with van der Waals surface area (Å²) in [6, 6.07) is 5.66. The van der Waals surface area contributed by atoms with Gasteiger partial charge in [-0.3, -0.25) is 4.79 Å². The summed E-state index contributed by atoms with van der Waals surface area (Å²) in [5.41, 5.74) is 0.824. The molecule has 1 heterocycles. The zero-order chi connectivity index (χ0) is 17.0. The first-order chi connectivity index (χ1) is 10.7. The van der Waals surface area contributed by atoms with E-state index in [-0.39, 0.29) is 17.6 Å². The van der Waals surface area contributed by atoms with Gasteiger partial charge in [-0.1, -0.05) is 26.0 Å². The Morgan fingerprint density at radius 1 is 1.30 bits per heavy atom. The highest BCUT2D eigenvalue weighted by Crippen LogP contribution is 2.25. The van der Waals surface area contributed by atoms with Crippen molar-refractivity contribution in [1.82, 2.24) is 4.98 Å². The number of thiazole rings is 1. The molecule has 0 saturated heterocycles. The van der Waals surface area contributed by atoms with Crippen molar-refractivity contribution in [3.8, 4) is 5.75 Å². The van der Waals surface area contributed by atoms with Crippen LogP contribution in [0.15, 0.2) is 30.5 Å². The number of hydrogen-bond acceptors (Lipinski definition) is 4. The minimum Gasteiger partial charge on any atom is -0.406 e. The fraction of sp³-hybridized carbons (Fsp3) is 0.333. The summed E-state index contributed by atoms with van der Waals surface area (Å²) in [5, 5.41) is 3.22. The summed E-state index contributed by atoms with van der Waals surface area (Å²) in [7, 11) is 0. The maximum absolute atomic E-state index is 12.1. The first-order valence-electron chi connectivity index (χ1n) is 6.83. The number of amides is 1. The largest absolute Gasteiger partial charge is 0.573 e. The van der Waals surface area contributed by atoms with E-state index in [0.29, 0.717) is 11.6 Å². The topological polar surface area (TPSA) is 51.2 Å². The van der Waals surface area contributed by atoms with Gasteiger partial charge in [0.05, 0.1) is 0 Å². The summed E-state index contributed by atoms with van der Waals surface area (Å²) in [6.45, 7) is 3.57. The van der Waals surface area contributed by atoms with Crippen molar-refractivity contribution in [1.29, 1.82) is 0 Å². The third-order valence-corrected chi connectivity index (χ3v) is 3.76. The standard InChI is InChI=1S/C15H15F3N2O2S/c1-9(2)13(21)20-14-19-8-12(23-14)7-10-3-5-11(6-4-10)22-15(16,17)18/h3-6,8-9H,7H2,1-2H3,(H,19,20,21). The number of halogens is 3. The van der Waals surface area contributed by atoms with E-state index >= 15 is 0 Å². The number of carbonyl (C=O) groups excluding carboxylic acids is 1. The summed E-state index contributed by atoms with van der Waals surface area (Å²) >= 11 is 1.33. The maximum atomic E-state index is 12.1. The van der Waals surface area contributed by atoms with Crippen molar-refractivity contribution in [2.45, 2.75) is 26.6 Å². The molecule has 0 saturated carbocycles. The normalized spacial score (nSPS) is 11.6. The molecule has 0 aliphatic carbocycles. The van der Waals surface area contributed by atoms with Crippen LogP contribution in [0.4, 0.5) is 18.3 Å². The molecule has 0 radical (unpaired) electrons. The van der Waals surface area contributed by atoms with Crippen molar-refractivity contribution in [2.75, 3.05) is 5.32 Å². The Hall–Kier alpha value is -2.09. The first-order valence-corrected chi connectivity index (χ1v) is 7.65. The molecule has 0 atom stereocenters. The number of alkyl halides is 3. The predicted molar refractivity (Wildman–Crippen MR) is 81.5 cm³/mol. The molecular weight excluding hydrogens is 329 g/mol. The lowest BCUT2D eigenvalue weighted by molar-refractivity contribution is -0.274. The van der Waals surface area contributed by atoms with Gasteiger partial charge in [0.25, 0.3) is 0 Å². The fourth-order valence-electron chi connectivity index (χ4n) is 1.71. The van der Waals surface area contributed by atoms with Crippen LogP contribution in [-0.2, 0) is 11.2 Å². The zero-order valence-electron chi connectivity index (χ0n) is 12.5. The Labute approximate surface area is 135 Å². The lowest BCUT2D eigenvalue weighted by Crippen LogP contribution is -2.17. The van der Waals surface area contributed by atoms with Crippen LogP contribution in [0.5, 0.6) is 5.75 Å². The number of ether oxygens (including phenoxy) is 1. The van der Waals surface area contributed by atoms with Gasteiger partial charge in [-0.2, -0.15) is 0 Å². The van der Waals surface area contributed by atoms with Gasteiger partial charge >= 0.3 is 6.36 Å². The van der Waals surface area contributed by atoms with Crippen LogP contribution in [0.1, 0.15) is 24.3 Å². The van der Waals surface area contributed by atoms with E-state index in [1.54, 1.807) is 32.2 Å². The highest BCUT2D eigenvalue weighted by molar-refractivity contribution is 7.15. The second-order valence-corrected chi connectivity index (χ2v) is 6.26. The van der Waals surface area contributed by atoms with E-state index in [0.717, 1.165) is 10.4 Å². The third-order valence-electron chi connectivity index (χ3n) is 2.84. The minimum atomic E-state index is -4.69. The van der Waals surface area contributed by atoms with E-state index in [9.17, 15) is 18.0 Å². The van der Waals surface area contributed by atoms with Crippen molar-refractivity contribution in [3.63, 3.8) is 0 Å². The summed E-state index contributed by atoms with van der Waals surface area (Å²) in [4.78, 5) is 16.6. The number of nitrogens with zero attached hydrogens (tertiary/aromatic N) is 1. The van der Waals surface area contributed by atoms with Crippen LogP contribution < -0.4 is 10.1 Å². The molecule has 0 spiro atoms. The van der Waals surface area contributed by atoms with Gasteiger partial charge in [0.2, 0.25) is 5.91 Å². The van der Waals surface area contributed by atoms with Crippen molar-refractivity contribution < 1.29 is 22.7 Å². The molecule has 0 aliphatic heterocycles. The molecule has 2 rings (SSSR count). The third kappa shape index (κ3) is 5.55. The molecule has 124 valence electrons. The number of aromatic nitrogens is 1. The average Bonchev–Trinajstić information content (AvgIpc) is 2.86. The molecule has 8 heteroatoms. The lowest BCUT2D eigenvalue weighted by Gasteiger charge is -2.08. The smallest absolute Gasteiger partial charge is 0.406 e. The molecule has 2 aromatic rings. The molecule has 4 nitrogen and oxygen atoms in total. The number of anilines is 1. The molecule has 0 fully saturated rings. The molecule has 1 aromatic heterocycles. The Bertz CT molecular complexity index is 666. The van der Waals surface area contributed by atoms with E-state index < -0.39 is 6.36 Å². The summed E-state index contributed by atoms with van der Waals surface area (Å²) < 4.78 is 40.1. The molecule has 1 aromatic carbocycles. The fourth-order valence-corrected chi connectivity index (χ4v) is 2.56.